The quantitative estimate of drug-likeness (QED) is 0.849. The Balaban J connectivity index is 2.10. The summed E-state index contributed by atoms with van der Waals surface area (Å²) in [5.41, 5.74) is 4.02. The van der Waals surface area contributed by atoms with Crippen molar-refractivity contribution in [3.8, 4) is 0 Å². The second kappa shape index (κ2) is 4.31. The Kier molecular flexibility index (Phi) is 2.81. The molecule has 2 aromatic rings. The van der Waals surface area contributed by atoms with Crippen molar-refractivity contribution in [1.29, 1.82) is 0 Å². The highest BCUT2D eigenvalue weighted by molar-refractivity contribution is 9.10. The van der Waals surface area contributed by atoms with Crippen molar-refractivity contribution in [3.05, 3.63) is 40.5 Å². The van der Waals surface area contributed by atoms with Gasteiger partial charge in [0.05, 0.1) is 5.52 Å². The minimum absolute atomic E-state index is 1.05. The van der Waals surface area contributed by atoms with E-state index >= 15 is 0 Å². The van der Waals surface area contributed by atoms with Crippen molar-refractivity contribution in [2.24, 2.45) is 0 Å². The molecule has 0 saturated carbocycles. The Morgan fingerprint density at radius 3 is 3.00 bits per heavy atom. The molecule has 0 spiro atoms. The zero-order valence-electron chi connectivity index (χ0n) is 9.83. The average Bonchev–Trinajstić information content (AvgIpc) is 2.75. The lowest BCUT2D eigenvalue weighted by molar-refractivity contribution is 0.370. The van der Waals surface area contributed by atoms with Crippen LogP contribution >= 0.6 is 15.9 Å². The maximum absolute atomic E-state index is 3.58. The van der Waals surface area contributed by atoms with Gasteiger partial charge in [-0.3, -0.25) is 0 Å². The van der Waals surface area contributed by atoms with Gasteiger partial charge in [0.25, 0.3) is 0 Å². The van der Waals surface area contributed by atoms with E-state index in [1.165, 1.54) is 22.0 Å². The number of nitrogens with zero attached hydrogens (tertiary/aromatic N) is 1. The molecule has 0 amide bonds. The molecular formula is C14H15BrN2. The first kappa shape index (κ1) is 11.1. The highest BCUT2D eigenvalue weighted by atomic mass is 79.9. The maximum Gasteiger partial charge on any atom is 0.0604 e. The van der Waals surface area contributed by atoms with Gasteiger partial charge < -0.3 is 9.88 Å². The SMILES string of the molecule is CN1CC=C(c2c[nH]c3c(Br)cccc23)CC1. The zero-order chi connectivity index (χ0) is 11.8. The fourth-order valence-corrected chi connectivity index (χ4v) is 2.88. The Bertz CT molecular complexity index is 583. The zero-order valence-corrected chi connectivity index (χ0v) is 11.4. The third kappa shape index (κ3) is 1.94. The monoisotopic (exact) mass is 290 g/mol. The van der Waals surface area contributed by atoms with Crippen LogP contribution in [0.25, 0.3) is 16.5 Å². The number of likely N-dealkylation sites (N-methyl/N-ethyl adjacent to an activating group) is 1. The van der Waals surface area contributed by atoms with Crippen molar-refractivity contribution in [1.82, 2.24) is 9.88 Å². The summed E-state index contributed by atoms with van der Waals surface area (Å²) in [7, 11) is 2.17. The molecule has 3 heteroatoms. The molecule has 1 aliphatic heterocycles. The summed E-state index contributed by atoms with van der Waals surface area (Å²) < 4.78 is 1.13. The van der Waals surface area contributed by atoms with E-state index in [1.54, 1.807) is 0 Å². The molecule has 1 aromatic heterocycles. The summed E-state index contributed by atoms with van der Waals surface area (Å²) in [6, 6.07) is 6.36. The number of fused-ring (bicyclic) bond motifs is 1. The van der Waals surface area contributed by atoms with Crippen molar-refractivity contribution in [2.75, 3.05) is 20.1 Å². The van der Waals surface area contributed by atoms with Crippen LogP contribution in [0, 0.1) is 0 Å². The molecule has 0 saturated heterocycles. The van der Waals surface area contributed by atoms with Gasteiger partial charge >= 0.3 is 0 Å². The molecular weight excluding hydrogens is 276 g/mol. The number of H-pyrrole nitrogens is 1. The van der Waals surface area contributed by atoms with Crippen LogP contribution in [-0.4, -0.2) is 30.0 Å². The maximum atomic E-state index is 3.58. The number of benzene rings is 1. The molecule has 88 valence electrons. The first-order chi connectivity index (χ1) is 8.25. The van der Waals surface area contributed by atoms with Gasteiger partial charge in [0.1, 0.15) is 0 Å². The number of halogens is 1. The van der Waals surface area contributed by atoms with Crippen LogP contribution in [0.2, 0.25) is 0 Å². The summed E-state index contributed by atoms with van der Waals surface area (Å²) >= 11 is 3.58. The van der Waals surface area contributed by atoms with Crippen molar-refractivity contribution >= 4 is 32.4 Å². The number of hydrogen-bond donors (Lipinski definition) is 1. The Morgan fingerprint density at radius 2 is 2.24 bits per heavy atom. The molecule has 0 fully saturated rings. The summed E-state index contributed by atoms with van der Waals surface area (Å²) in [6.45, 7) is 2.20. The van der Waals surface area contributed by atoms with Crippen molar-refractivity contribution in [3.63, 3.8) is 0 Å². The van der Waals surface area contributed by atoms with Crippen molar-refractivity contribution in [2.45, 2.75) is 6.42 Å². The van der Waals surface area contributed by atoms with Crippen LogP contribution in [0.15, 0.2) is 34.9 Å². The Morgan fingerprint density at radius 1 is 1.35 bits per heavy atom. The lowest BCUT2D eigenvalue weighted by atomic mass is 9.99. The second-order valence-corrected chi connectivity index (χ2v) is 5.46. The first-order valence-corrected chi connectivity index (χ1v) is 6.68. The Labute approximate surface area is 109 Å². The molecule has 0 bridgehead atoms. The van der Waals surface area contributed by atoms with Gasteiger partial charge in [0.15, 0.2) is 0 Å². The summed E-state index contributed by atoms with van der Waals surface area (Å²) in [5, 5.41) is 1.31. The molecule has 2 nitrogen and oxygen atoms in total. The van der Waals surface area contributed by atoms with Crippen LogP contribution in [0.3, 0.4) is 0 Å². The van der Waals surface area contributed by atoms with Crippen LogP contribution in [0.4, 0.5) is 0 Å². The highest BCUT2D eigenvalue weighted by Gasteiger charge is 2.13. The molecule has 0 unspecified atom stereocenters. The molecule has 2 heterocycles. The third-order valence-electron chi connectivity index (χ3n) is 3.42. The number of nitrogens with one attached hydrogen (secondary N) is 1. The van der Waals surface area contributed by atoms with E-state index in [0.717, 1.165) is 24.0 Å². The molecule has 1 aliphatic rings. The predicted molar refractivity (Wildman–Crippen MR) is 76.1 cm³/mol. The molecule has 0 atom stereocenters. The van der Waals surface area contributed by atoms with Gasteiger partial charge in [0, 0.05) is 34.7 Å². The predicted octanol–water partition coefficient (Wildman–Crippen LogP) is 3.65. The second-order valence-electron chi connectivity index (χ2n) is 4.61. The molecule has 17 heavy (non-hydrogen) atoms. The fraction of sp³-hybridized carbons (Fsp3) is 0.286. The van der Waals surface area contributed by atoms with Gasteiger partial charge in [-0.15, -0.1) is 0 Å². The lowest BCUT2D eigenvalue weighted by Crippen LogP contribution is -2.23. The molecule has 1 aromatic carbocycles. The van der Waals surface area contributed by atoms with E-state index < -0.39 is 0 Å². The minimum Gasteiger partial charge on any atom is -0.360 e. The van der Waals surface area contributed by atoms with E-state index in [2.05, 4.69) is 63.3 Å². The van der Waals surface area contributed by atoms with Gasteiger partial charge in [-0.2, -0.15) is 0 Å². The fourth-order valence-electron chi connectivity index (χ4n) is 2.40. The van der Waals surface area contributed by atoms with E-state index in [4.69, 9.17) is 0 Å². The number of para-hydroxylation sites is 1. The molecule has 3 rings (SSSR count). The van der Waals surface area contributed by atoms with Crippen molar-refractivity contribution < 1.29 is 0 Å². The van der Waals surface area contributed by atoms with Crippen LogP contribution in [0.1, 0.15) is 12.0 Å². The summed E-state index contributed by atoms with van der Waals surface area (Å²) in [4.78, 5) is 5.71. The Hall–Kier alpha value is -1.06. The molecule has 1 N–H and O–H groups in total. The topological polar surface area (TPSA) is 19.0 Å². The summed E-state index contributed by atoms with van der Waals surface area (Å²) in [6.07, 6.45) is 5.61. The van der Waals surface area contributed by atoms with E-state index in [0.29, 0.717) is 0 Å². The van der Waals surface area contributed by atoms with Gasteiger partial charge in [-0.05, 0) is 41.0 Å². The average molecular weight is 291 g/mol. The lowest BCUT2D eigenvalue weighted by Gasteiger charge is -2.21. The van der Waals surface area contributed by atoms with Gasteiger partial charge in [-0.25, -0.2) is 0 Å². The minimum atomic E-state index is 1.05. The molecule has 0 radical (unpaired) electrons. The largest absolute Gasteiger partial charge is 0.360 e. The number of rotatable bonds is 1. The molecule has 0 aliphatic carbocycles. The van der Waals surface area contributed by atoms with E-state index in [9.17, 15) is 0 Å². The van der Waals surface area contributed by atoms with Gasteiger partial charge in [-0.1, -0.05) is 18.2 Å². The summed E-state index contributed by atoms with van der Waals surface area (Å²) in [5.74, 6) is 0. The smallest absolute Gasteiger partial charge is 0.0604 e. The number of hydrogen-bond acceptors (Lipinski definition) is 1. The van der Waals surface area contributed by atoms with E-state index in [1.807, 2.05) is 0 Å². The standard InChI is InChI=1S/C14H15BrN2/c1-17-7-5-10(6-8-17)12-9-16-14-11(12)3-2-4-13(14)15/h2-5,9,16H,6-8H2,1H3. The van der Waals surface area contributed by atoms with Gasteiger partial charge in [0.2, 0.25) is 0 Å². The van der Waals surface area contributed by atoms with Crippen LogP contribution < -0.4 is 0 Å². The first-order valence-electron chi connectivity index (χ1n) is 5.89. The van der Waals surface area contributed by atoms with Crippen LogP contribution in [-0.2, 0) is 0 Å². The van der Waals surface area contributed by atoms with Crippen LogP contribution in [0.5, 0.6) is 0 Å². The van der Waals surface area contributed by atoms with E-state index in [-0.39, 0.29) is 0 Å². The highest BCUT2D eigenvalue weighted by Crippen LogP contribution is 2.32. The number of aromatic nitrogens is 1. The normalized spacial score (nSPS) is 17.4. The third-order valence-corrected chi connectivity index (χ3v) is 4.08. The number of aromatic amines is 1.